The second-order valence-corrected chi connectivity index (χ2v) is 8.87. The van der Waals surface area contributed by atoms with Crippen LogP contribution in [0.25, 0.3) is 0 Å². The van der Waals surface area contributed by atoms with Crippen LogP contribution in [0.3, 0.4) is 0 Å². The fraction of sp³-hybridized carbons (Fsp3) is 0.765. The molecule has 1 atom stereocenters. The Morgan fingerprint density at radius 2 is 2.04 bits per heavy atom. The smallest absolute Gasteiger partial charge is 0.220 e. The third-order valence-electron chi connectivity index (χ3n) is 5.06. The van der Waals surface area contributed by atoms with Gasteiger partial charge in [0.15, 0.2) is 0 Å². The van der Waals surface area contributed by atoms with Crippen molar-refractivity contribution in [2.24, 2.45) is 7.05 Å². The predicted molar refractivity (Wildman–Crippen MR) is 97.8 cm³/mol. The Morgan fingerprint density at radius 3 is 2.64 bits per heavy atom. The van der Waals surface area contributed by atoms with Gasteiger partial charge in [-0.15, -0.1) is 0 Å². The summed E-state index contributed by atoms with van der Waals surface area (Å²) < 4.78 is 27.1. The monoisotopic (exact) mass is 370 g/mol. The minimum Gasteiger partial charge on any atom is -0.356 e. The summed E-state index contributed by atoms with van der Waals surface area (Å²) in [7, 11) is -1.26. The quantitative estimate of drug-likeness (QED) is 0.784. The molecule has 1 aliphatic heterocycles. The number of hydrogen-bond acceptors (Lipinski definition) is 4. The molecular weight excluding hydrogens is 340 g/mol. The second kappa shape index (κ2) is 8.31. The molecule has 1 N–H and O–H groups in total. The Balaban J connectivity index is 1.78. The summed E-state index contributed by atoms with van der Waals surface area (Å²) >= 11 is 0. The average molecular weight is 371 g/mol. The van der Waals surface area contributed by atoms with E-state index in [1.165, 1.54) is 6.26 Å². The van der Waals surface area contributed by atoms with E-state index in [-0.39, 0.29) is 11.9 Å². The molecule has 2 rings (SSSR count). The number of nitrogens with one attached hydrogen (secondary N) is 1. The van der Waals surface area contributed by atoms with Crippen molar-refractivity contribution in [2.45, 2.75) is 58.4 Å². The van der Waals surface area contributed by atoms with Crippen LogP contribution in [0.4, 0.5) is 0 Å². The summed E-state index contributed by atoms with van der Waals surface area (Å²) in [5, 5.41) is 7.30. The Labute approximate surface area is 150 Å². The van der Waals surface area contributed by atoms with Gasteiger partial charge in [-0.3, -0.25) is 9.48 Å². The maximum Gasteiger partial charge on any atom is 0.220 e. The first-order chi connectivity index (χ1) is 11.7. The number of carbonyl (C=O) groups excluding carboxylic acids is 1. The van der Waals surface area contributed by atoms with E-state index < -0.39 is 10.0 Å². The van der Waals surface area contributed by atoms with Gasteiger partial charge in [-0.25, -0.2) is 8.42 Å². The van der Waals surface area contributed by atoms with Gasteiger partial charge in [-0.2, -0.15) is 9.40 Å². The molecule has 7 nitrogen and oxygen atoms in total. The Kier molecular flexibility index (Phi) is 6.62. The van der Waals surface area contributed by atoms with E-state index in [4.69, 9.17) is 0 Å². The highest BCUT2D eigenvalue weighted by molar-refractivity contribution is 7.88. The maximum absolute atomic E-state index is 12.1. The van der Waals surface area contributed by atoms with Crippen molar-refractivity contribution in [1.82, 2.24) is 19.4 Å². The van der Waals surface area contributed by atoms with Crippen LogP contribution in [-0.2, 0) is 28.3 Å². The Hall–Kier alpha value is -1.41. The molecule has 0 unspecified atom stereocenters. The minimum absolute atomic E-state index is 0.00404. The van der Waals surface area contributed by atoms with Crippen molar-refractivity contribution in [2.75, 3.05) is 19.3 Å². The molecule has 1 aromatic heterocycles. The number of nitrogens with zero attached hydrogens (tertiary/aromatic N) is 3. The number of rotatable bonds is 7. The van der Waals surface area contributed by atoms with Gasteiger partial charge in [0.1, 0.15) is 0 Å². The molecule has 0 aromatic carbocycles. The second-order valence-electron chi connectivity index (χ2n) is 6.93. The Bertz CT molecular complexity index is 712. The van der Waals surface area contributed by atoms with Crippen LogP contribution in [-0.4, -0.2) is 53.8 Å². The first kappa shape index (κ1) is 19.9. The predicted octanol–water partition coefficient (Wildman–Crippen LogP) is 1.29. The summed E-state index contributed by atoms with van der Waals surface area (Å²) in [4.78, 5) is 12.1. The molecule has 25 heavy (non-hydrogen) atoms. The molecule has 8 heteroatoms. The zero-order valence-corrected chi connectivity index (χ0v) is 16.5. The number of hydrogen-bond donors (Lipinski definition) is 1. The van der Waals surface area contributed by atoms with Gasteiger partial charge < -0.3 is 5.32 Å². The van der Waals surface area contributed by atoms with Gasteiger partial charge in [0.05, 0.1) is 11.9 Å². The molecule has 1 fully saturated rings. The molecular formula is C17H30N4O3S. The van der Waals surface area contributed by atoms with Crippen LogP contribution in [0.15, 0.2) is 0 Å². The molecule has 1 aromatic rings. The number of aromatic nitrogens is 2. The molecule has 0 bridgehead atoms. The zero-order chi connectivity index (χ0) is 18.6. The van der Waals surface area contributed by atoms with E-state index in [1.807, 2.05) is 25.6 Å². The molecule has 142 valence electrons. The van der Waals surface area contributed by atoms with E-state index in [0.29, 0.717) is 32.4 Å². The van der Waals surface area contributed by atoms with Gasteiger partial charge in [0.25, 0.3) is 0 Å². The minimum atomic E-state index is -3.17. The lowest BCUT2D eigenvalue weighted by Gasteiger charge is -2.33. The molecule has 0 spiro atoms. The molecule has 2 heterocycles. The molecule has 0 saturated carbocycles. The summed E-state index contributed by atoms with van der Waals surface area (Å²) in [5.74, 6) is 0.00404. The van der Waals surface area contributed by atoms with Gasteiger partial charge in [-0.05, 0) is 45.1 Å². The lowest BCUT2D eigenvalue weighted by atomic mass is 10.0. The molecule has 0 aliphatic carbocycles. The summed E-state index contributed by atoms with van der Waals surface area (Å²) in [6, 6.07) is 0.00635. The van der Waals surface area contributed by atoms with E-state index in [0.717, 1.165) is 36.2 Å². The Morgan fingerprint density at radius 1 is 1.32 bits per heavy atom. The lowest BCUT2D eigenvalue weighted by molar-refractivity contribution is -0.121. The van der Waals surface area contributed by atoms with Crippen molar-refractivity contribution in [1.29, 1.82) is 0 Å². The first-order valence-corrected chi connectivity index (χ1v) is 10.8. The summed E-state index contributed by atoms with van der Waals surface area (Å²) in [5.41, 5.74) is 3.20. The highest BCUT2D eigenvalue weighted by Crippen LogP contribution is 2.22. The number of carbonyl (C=O) groups is 1. The highest BCUT2D eigenvalue weighted by Gasteiger charge is 2.28. The van der Waals surface area contributed by atoms with Crippen LogP contribution in [0.1, 0.15) is 49.1 Å². The molecule has 1 amide bonds. The van der Waals surface area contributed by atoms with Crippen molar-refractivity contribution < 1.29 is 13.2 Å². The van der Waals surface area contributed by atoms with Gasteiger partial charge in [0.2, 0.25) is 15.9 Å². The van der Waals surface area contributed by atoms with Crippen LogP contribution >= 0.6 is 0 Å². The number of amides is 1. The molecule has 0 radical (unpaired) electrons. The van der Waals surface area contributed by atoms with Crippen LogP contribution < -0.4 is 5.32 Å². The van der Waals surface area contributed by atoms with Crippen molar-refractivity contribution in [3.63, 3.8) is 0 Å². The third kappa shape index (κ3) is 5.28. The normalized spacial score (nSPS) is 19.1. The van der Waals surface area contributed by atoms with Gasteiger partial charge >= 0.3 is 0 Å². The maximum atomic E-state index is 12.1. The van der Waals surface area contributed by atoms with Crippen LogP contribution in [0, 0.1) is 13.8 Å². The van der Waals surface area contributed by atoms with E-state index >= 15 is 0 Å². The molecule has 1 saturated heterocycles. The van der Waals surface area contributed by atoms with Gasteiger partial charge in [-0.1, -0.05) is 6.42 Å². The molecule has 1 aliphatic rings. The van der Waals surface area contributed by atoms with Crippen LogP contribution in [0.5, 0.6) is 0 Å². The standard InChI is InChI=1S/C17H30N4O3S/c1-13-16(14(2)20(3)19-13)8-9-17(22)18-11-10-15-7-5-6-12-21(15)25(4,23)24/h15H,5-12H2,1-4H3,(H,18,22)/t15-/m0/s1. The lowest BCUT2D eigenvalue weighted by Crippen LogP contribution is -2.44. The fourth-order valence-electron chi connectivity index (χ4n) is 3.58. The van der Waals surface area contributed by atoms with Crippen molar-refractivity contribution in [3.8, 4) is 0 Å². The highest BCUT2D eigenvalue weighted by atomic mass is 32.2. The van der Waals surface area contributed by atoms with Gasteiger partial charge in [0, 0.05) is 38.3 Å². The zero-order valence-electron chi connectivity index (χ0n) is 15.7. The van der Waals surface area contributed by atoms with Crippen molar-refractivity contribution >= 4 is 15.9 Å². The average Bonchev–Trinajstić information content (AvgIpc) is 2.77. The first-order valence-electron chi connectivity index (χ1n) is 8.92. The number of sulfonamides is 1. The van der Waals surface area contributed by atoms with E-state index in [1.54, 1.807) is 4.31 Å². The SMILES string of the molecule is Cc1nn(C)c(C)c1CCC(=O)NCC[C@@H]1CCCCN1S(C)(=O)=O. The third-order valence-corrected chi connectivity index (χ3v) is 6.39. The van der Waals surface area contributed by atoms with E-state index in [2.05, 4.69) is 10.4 Å². The fourth-order valence-corrected chi connectivity index (χ4v) is 4.80. The van der Waals surface area contributed by atoms with Crippen molar-refractivity contribution in [3.05, 3.63) is 17.0 Å². The number of aryl methyl sites for hydroxylation is 2. The van der Waals surface area contributed by atoms with Crippen LogP contribution in [0.2, 0.25) is 0 Å². The number of piperidine rings is 1. The van der Waals surface area contributed by atoms with E-state index in [9.17, 15) is 13.2 Å². The summed E-state index contributed by atoms with van der Waals surface area (Å²) in [6.45, 7) is 5.08. The topological polar surface area (TPSA) is 84.3 Å². The largest absolute Gasteiger partial charge is 0.356 e. The summed E-state index contributed by atoms with van der Waals surface area (Å²) in [6.07, 6.45) is 5.87.